The van der Waals surface area contributed by atoms with Crippen LogP contribution in [-0.2, 0) is 33.5 Å². The summed E-state index contributed by atoms with van der Waals surface area (Å²) < 4.78 is 152. The van der Waals surface area contributed by atoms with Gasteiger partial charge in [-0.15, -0.1) is 29.7 Å². The molecule has 0 N–H and O–H groups in total. The van der Waals surface area contributed by atoms with Crippen molar-refractivity contribution in [3.63, 3.8) is 0 Å². The van der Waals surface area contributed by atoms with Gasteiger partial charge in [-0.05, 0) is 67.9 Å². The van der Waals surface area contributed by atoms with E-state index in [0.29, 0.717) is 17.1 Å². The molecule has 0 aliphatic rings. The normalized spacial score (nSPS) is 15.6. The minimum absolute atomic E-state index is 0. The van der Waals surface area contributed by atoms with Gasteiger partial charge in [-0.3, -0.25) is 0 Å². The molecule has 59 heavy (non-hydrogen) atoms. The molecule has 0 unspecified atom stereocenters. The standard InChI is InChI=1S/C53H40N4O.Pt/c1-53(2,3)38-30-31-54-50(32-38)57-47-26-12-11-22-44(47)45-29-28-41(34-49(45)57)58-40-21-13-20-39(33-40)56-35-55(4)52-46(25-15-27-48(52)56)51-42(36-16-7-5-8-17-36)23-14-24-43(51)37-18-9-6-10-19-37;/h5-32H,1-4H3;/q-2;/i4D3,5D,6D,7D,8D,9D,10D,14D,16D,17D,18D,19D,23D,24D;. The van der Waals surface area contributed by atoms with Crippen LogP contribution in [0.1, 0.15) is 48.3 Å². The average molecular weight is 960 g/mol. The van der Waals surface area contributed by atoms with Crippen molar-refractivity contribution in [2.45, 2.75) is 26.2 Å². The summed E-state index contributed by atoms with van der Waals surface area (Å²) in [4.78, 5) is 4.76. The van der Waals surface area contributed by atoms with Crippen molar-refractivity contribution in [1.82, 2.24) is 14.1 Å². The fraction of sp³-hybridized carbons (Fsp3) is 0.0943. The van der Waals surface area contributed by atoms with Crippen molar-refractivity contribution in [3.05, 3.63) is 194 Å². The fourth-order valence-corrected chi connectivity index (χ4v) is 7.26. The van der Waals surface area contributed by atoms with E-state index >= 15 is 0 Å². The number of nitrogens with zero attached hydrogens (tertiary/aromatic N) is 4. The molecule has 5 nitrogen and oxygen atoms in total. The smallest absolute Gasteiger partial charge is 0.242 e. The maximum absolute atomic E-state index is 9.34. The van der Waals surface area contributed by atoms with Crippen molar-refractivity contribution < 1.29 is 52.3 Å². The first-order valence-corrected chi connectivity index (χ1v) is 18.3. The molecular weight excluding hydrogens is 904 g/mol. The third-order valence-electron chi connectivity index (χ3n) is 9.93. The molecule has 3 heterocycles. The van der Waals surface area contributed by atoms with Gasteiger partial charge in [0.05, 0.1) is 39.9 Å². The van der Waals surface area contributed by atoms with Crippen molar-refractivity contribution >= 4 is 32.8 Å². The summed E-state index contributed by atoms with van der Waals surface area (Å²) in [5.74, 6) is 1.20. The maximum atomic E-state index is 9.34. The van der Waals surface area contributed by atoms with E-state index in [1.807, 2.05) is 41.0 Å². The summed E-state index contributed by atoms with van der Waals surface area (Å²) >= 11 is 0. The molecule has 10 aromatic rings. The first kappa shape index (κ1) is 23.8. The molecule has 290 valence electrons. The Labute approximate surface area is 381 Å². The number of pyridine rings is 1. The number of imidazole rings is 1. The number of para-hydroxylation sites is 2. The fourth-order valence-electron chi connectivity index (χ4n) is 7.26. The van der Waals surface area contributed by atoms with Crippen molar-refractivity contribution in [2.24, 2.45) is 6.98 Å². The Morgan fingerprint density at radius 2 is 1.37 bits per heavy atom. The topological polar surface area (TPSA) is 35.9 Å². The zero-order chi connectivity index (χ0) is 53.2. The van der Waals surface area contributed by atoms with Gasteiger partial charge in [-0.25, -0.2) is 4.98 Å². The number of ether oxygens (including phenoxy) is 1. The van der Waals surface area contributed by atoms with Crippen LogP contribution in [0, 0.1) is 18.5 Å². The largest absolute Gasteiger partial charge is 0.510 e. The Balaban J connectivity index is 0.00000689. The first-order chi connectivity index (χ1) is 34.9. The predicted molar refractivity (Wildman–Crippen MR) is 235 cm³/mol. The zero-order valence-electron chi connectivity index (χ0n) is 47.7. The van der Waals surface area contributed by atoms with Gasteiger partial charge in [0.25, 0.3) is 0 Å². The van der Waals surface area contributed by atoms with Crippen LogP contribution in [0.4, 0.5) is 0 Å². The molecule has 7 aromatic carbocycles. The SMILES string of the molecule is [2H]c1c([2H])c([2H])c(-c2c([2H])c([2H])c([2H])c(-c3c([2H])c([2H])c([2H])c([2H])c3[2H])c2-c2cccc3c2[n+](C([2H])([2H])[2H])[c-]n3-c2[c-]c(Oc3[c-]c4c(cc3)c3ccccc3n4-c3cc(C(C)(C)C)ccn3)ccc2)c([2H])c1[2H].[Pt]. The molecule has 0 spiro atoms. The van der Waals surface area contributed by atoms with Crippen LogP contribution < -0.4 is 9.30 Å². The van der Waals surface area contributed by atoms with Gasteiger partial charge in [0, 0.05) is 44.3 Å². The number of benzene rings is 7. The molecular formula is C53H40N4OPt-2. The minimum atomic E-state index is -3.05. The van der Waals surface area contributed by atoms with Crippen LogP contribution in [-0.4, -0.2) is 14.1 Å². The summed E-state index contributed by atoms with van der Waals surface area (Å²) in [6.07, 6.45) is 4.68. The monoisotopic (exact) mass is 959 g/mol. The number of fused-ring (bicyclic) bond motifs is 4. The molecule has 0 saturated heterocycles. The number of aromatic nitrogens is 4. The van der Waals surface area contributed by atoms with Crippen LogP contribution in [0.5, 0.6) is 11.5 Å². The van der Waals surface area contributed by atoms with Crippen molar-refractivity contribution in [1.29, 1.82) is 0 Å². The Bertz CT molecular complexity index is 3880. The maximum Gasteiger partial charge on any atom is 0.242 e. The molecule has 0 aliphatic heterocycles. The molecule has 0 atom stereocenters. The van der Waals surface area contributed by atoms with E-state index in [9.17, 15) is 2.74 Å². The Kier molecular flexibility index (Phi) is 6.17. The third kappa shape index (κ3) is 6.86. The molecule has 10 rings (SSSR count). The predicted octanol–water partition coefficient (Wildman–Crippen LogP) is 12.4. The van der Waals surface area contributed by atoms with Gasteiger partial charge in [0.15, 0.2) is 0 Å². The number of rotatable bonds is 7. The second kappa shape index (κ2) is 15.3. The number of aryl methyl sites for hydroxylation is 1. The molecule has 0 bridgehead atoms. The van der Waals surface area contributed by atoms with E-state index < -0.39 is 113 Å². The van der Waals surface area contributed by atoms with Gasteiger partial charge >= 0.3 is 0 Å². The zero-order valence-corrected chi connectivity index (χ0v) is 33.9. The van der Waals surface area contributed by atoms with E-state index in [2.05, 4.69) is 45.3 Å². The van der Waals surface area contributed by atoms with E-state index in [-0.39, 0.29) is 54.5 Å². The minimum Gasteiger partial charge on any atom is -0.510 e. The Morgan fingerprint density at radius 3 is 2.10 bits per heavy atom. The van der Waals surface area contributed by atoms with Crippen molar-refractivity contribution in [2.75, 3.05) is 0 Å². The molecule has 0 radical (unpaired) electrons. The van der Waals surface area contributed by atoms with Gasteiger partial charge in [-0.2, -0.15) is 18.2 Å². The van der Waals surface area contributed by atoms with E-state index in [0.717, 1.165) is 26.4 Å². The van der Waals surface area contributed by atoms with Crippen LogP contribution in [0.3, 0.4) is 0 Å². The summed E-state index contributed by atoms with van der Waals surface area (Å²) in [5, 5.41) is 1.89. The van der Waals surface area contributed by atoms with Gasteiger partial charge in [-0.1, -0.05) is 147 Å². The van der Waals surface area contributed by atoms with Gasteiger partial charge in [0.1, 0.15) is 5.82 Å². The molecule has 6 heteroatoms. The van der Waals surface area contributed by atoms with Crippen LogP contribution >= 0.6 is 0 Å². The molecule has 0 saturated carbocycles. The summed E-state index contributed by atoms with van der Waals surface area (Å²) in [5.41, 5.74) is -0.200. The summed E-state index contributed by atoms with van der Waals surface area (Å²) in [7, 11) is 0. The quantitative estimate of drug-likeness (QED) is 0.118. The van der Waals surface area contributed by atoms with Crippen LogP contribution in [0.2, 0.25) is 0 Å². The van der Waals surface area contributed by atoms with E-state index in [1.165, 1.54) is 16.7 Å². The second-order valence-corrected chi connectivity index (χ2v) is 14.5. The number of hydrogen-bond donors (Lipinski definition) is 0. The molecule has 0 fully saturated rings. The van der Waals surface area contributed by atoms with Crippen molar-refractivity contribution in [3.8, 4) is 56.4 Å². The Morgan fingerprint density at radius 1 is 0.678 bits per heavy atom. The second-order valence-electron chi connectivity index (χ2n) is 14.5. The first-order valence-electron chi connectivity index (χ1n) is 26.3. The van der Waals surface area contributed by atoms with Crippen LogP contribution in [0.25, 0.3) is 77.7 Å². The molecule has 3 aromatic heterocycles. The number of hydrogen-bond acceptors (Lipinski definition) is 2. The third-order valence-corrected chi connectivity index (χ3v) is 9.93. The summed E-state index contributed by atoms with van der Waals surface area (Å²) in [6.45, 7) is 3.34. The van der Waals surface area contributed by atoms with Crippen LogP contribution in [0.15, 0.2) is 170 Å². The molecule has 0 amide bonds. The van der Waals surface area contributed by atoms with E-state index in [1.54, 1.807) is 36.5 Å². The van der Waals surface area contributed by atoms with E-state index in [4.69, 9.17) is 28.9 Å². The summed E-state index contributed by atoms with van der Waals surface area (Å²) in [6, 6.07) is 21.1. The average Bonchev–Trinajstić information content (AvgIpc) is 3.94. The Hall–Kier alpha value is -6.55. The van der Waals surface area contributed by atoms with Gasteiger partial charge in [0.2, 0.25) is 6.33 Å². The van der Waals surface area contributed by atoms with Gasteiger partial charge < -0.3 is 18.4 Å². The molecule has 0 aliphatic carbocycles.